The summed E-state index contributed by atoms with van der Waals surface area (Å²) in [5.74, 6) is 0.682. The number of aryl methyl sites for hydroxylation is 1. The van der Waals surface area contributed by atoms with E-state index in [0.717, 1.165) is 49.6 Å². The Balaban J connectivity index is 1.55. The van der Waals surface area contributed by atoms with E-state index in [4.69, 9.17) is 9.72 Å². The summed E-state index contributed by atoms with van der Waals surface area (Å²) >= 11 is 0. The number of hydrogen-bond donors (Lipinski definition) is 3. The second-order valence-electron chi connectivity index (χ2n) is 7.96. The summed E-state index contributed by atoms with van der Waals surface area (Å²) in [6.45, 7) is 5.97. The van der Waals surface area contributed by atoms with E-state index >= 15 is 0 Å². The Kier molecular flexibility index (Phi) is 6.34. The van der Waals surface area contributed by atoms with Crippen LogP contribution in [-0.2, 0) is 18.3 Å². The number of fused-ring (bicyclic) bond motifs is 1. The zero-order chi connectivity index (χ0) is 21.1. The number of rotatable bonds is 7. The van der Waals surface area contributed by atoms with E-state index in [9.17, 15) is 10.2 Å². The summed E-state index contributed by atoms with van der Waals surface area (Å²) in [5, 5.41) is 24.2. The zero-order valence-corrected chi connectivity index (χ0v) is 17.5. The lowest BCUT2D eigenvalue weighted by molar-refractivity contribution is 0.0170. The molecule has 7 heteroatoms. The number of imidazole rings is 1. The first-order chi connectivity index (χ1) is 14.5. The second-order valence-corrected chi connectivity index (χ2v) is 7.96. The van der Waals surface area contributed by atoms with Crippen LogP contribution in [0, 0.1) is 0 Å². The lowest BCUT2D eigenvalue weighted by Gasteiger charge is -2.27. The molecule has 2 heterocycles. The standard InChI is InChI=1S/C23H30N4O3/c1-16(28)22(29)21(23-25-19-5-3-4-6-20(19)26(23)2)24-18-9-7-17(8-10-18)15-27-11-13-30-14-12-27/h3-10,16,21-22,24,28-29H,11-15H2,1-2H3/t16-,21-,22+/m0/s1. The predicted molar refractivity (Wildman–Crippen MR) is 117 cm³/mol. The molecule has 1 aliphatic heterocycles. The topological polar surface area (TPSA) is 82.8 Å². The van der Waals surface area contributed by atoms with E-state index in [-0.39, 0.29) is 0 Å². The second kappa shape index (κ2) is 9.14. The minimum Gasteiger partial charge on any atom is -0.391 e. The summed E-state index contributed by atoms with van der Waals surface area (Å²) in [6.07, 6.45) is -1.91. The fraction of sp³-hybridized carbons (Fsp3) is 0.435. The fourth-order valence-corrected chi connectivity index (χ4v) is 3.93. The van der Waals surface area contributed by atoms with Gasteiger partial charge in [-0.25, -0.2) is 4.98 Å². The molecule has 0 amide bonds. The molecule has 0 radical (unpaired) electrons. The van der Waals surface area contributed by atoms with Crippen LogP contribution in [0.25, 0.3) is 11.0 Å². The van der Waals surface area contributed by atoms with E-state index in [1.165, 1.54) is 5.56 Å². The van der Waals surface area contributed by atoms with Crippen LogP contribution in [0.5, 0.6) is 0 Å². The maximum absolute atomic E-state index is 10.7. The maximum atomic E-state index is 10.7. The normalized spacial score (nSPS) is 18.3. The van der Waals surface area contributed by atoms with Crippen LogP contribution < -0.4 is 5.32 Å². The van der Waals surface area contributed by atoms with Crippen molar-refractivity contribution in [1.29, 1.82) is 0 Å². The number of aliphatic hydroxyl groups excluding tert-OH is 2. The first-order valence-electron chi connectivity index (χ1n) is 10.5. The molecule has 0 spiro atoms. The van der Waals surface area contributed by atoms with Crippen molar-refractivity contribution in [2.45, 2.75) is 31.7 Å². The highest BCUT2D eigenvalue weighted by atomic mass is 16.5. The van der Waals surface area contributed by atoms with Gasteiger partial charge in [0.2, 0.25) is 0 Å². The highest BCUT2D eigenvalue weighted by molar-refractivity contribution is 5.76. The lowest BCUT2D eigenvalue weighted by Crippen LogP contribution is -2.36. The van der Waals surface area contributed by atoms with Crippen LogP contribution in [0.3, 0.4) is 0 Å². The lowest BCUT2D eigenvalue weighted by atomic mass is 10.0. The van der Waals surface area contributed by atoms with Gasteiger partial charge in [0.1, 0.15) is 18.0 Å². The Bertz CT molecular complexity index is 964. The molecule has 3 aromatic rings. The first-order valence-corrected chi connectivity index (χ1v) is 10.5. The first kappa shape index (κ1) is 20.8. The minimum absolute atomic E-state index is 0.549. The molecule has 160 valence electrons. The number of ether oxygens (including phenoxy) is 1. The van der Waals surface area contributed by atoms with Crippen molar-refractivity contribution in [2.24, 2.45) is 7.05 Å². The van der Waals surface area contributed by atoms with Crippen molar-refractivity contribution in [3.63, 3.8) is 0 Å². The highest BCUT2D eigenvalue weighted by Gasteiger charge is 2.29. The van der Waals surface area contributed by atoms with E-state index in [0.29, 0.717) is 5.82 Å². The van der Waals surface area contributed by atoms with Crippen molar-refractivity contribution in [3.8, 4) is 0 Å². The molecule has 0 bridgehead atoms. The third kappa shape index (κ3) is 4.49. The van der Waals surface area contributed by atoms with Crippen LogP contribution in [0.4, 0.5) is 5.69 Å². The summed E-state index contributed by atoms with van der Waals surface area (Å²) in [4.78, 5) is 7.10. The van der Waals surface area contributed by atoms with Crippen LogP contribution >= 0.6 is 0 Å². The maximum Gasteiger partial charge on any atom is 0.135 e. The molecule has 7 nitrogen and oxygen atoms in total. The highest BCUT2D eigenvalue weighted by Crippen LogP contribution is 2.27. The summed E-state index contributed by atoms with van der Waals surface area (Å²) in [6, 6.07) is 15.5. The Labute approximate surface area is 176 Å². The van der Waals surface area contributed by atoms with E-state index in [1.807, 2.05) is 48.0 Å². The minimum atomic E-state index is -1.01. The van der Waals surface area contributed by atoms with Crippen LogP contribution in [0.1, 0.15) is 24.4 Å². The van der Waals surface area contributed by atoms with Gasteiger partial charge in [-0.15, -0.1) is 0 Å². The molecule has 1 fully saturated rings. The Hall–Kier alpha value is -2.45. The van der Waals surface area contributed by atoms with Crippen LogP contribution in [0.15, 0.2) is 48.5 Å². The van der Waals surface area contributed by atoms with E-state index in [1.54, 1.807) is 6.92 Å². The molecule has 1 saturated heterocycles. The SMILES string of the molecule is C[C@H](O)[C@@H](O)[C@H](Nc1ccc(CN2CCOCC2)cc1)c1nc2ccccc2n1C. The number of anilines is 1. The van der Waals surface area contributed by atoms with Gasteiger partial charge < -0.3 is 24.8 Å². The van der Waals surface area contributed by atoms with E-state index < -0.39 is 18.2 Å². The fourth-order valence-electron chi connectivity index (χ4n) is 3.93. The third-order valence-corrected chi connectivity index (χ3v) is 5.72. The van der Waals surface area contributed by atoms with Gasteiger partial charge in [0.05, 0.1) is 30.4 Å². The third-order valence-electron chi connectivity index (χ3n) is 5.72. The monoisotopic (exact) mass is 410 g/mol. The summed E-state index contributed by atoms with van der Waals surface area (Å²) in [7, 11) is 1.93. The van der Waals surface area contributed by atoms with Crippen LogP contribution in [-0.4, -0.2) is 63.2 Å². The number of nitrogens with one attached hydrogen (secondary N) is 1. The van der Waals surface area contributed by atoms with Crippen molar-refractivity contribution in [1.82, 2.24) is 14.5 Å². The van der Waals surface area contributed by atoms with Crippen molar-refractivity contribution < 1.29 is 14.9 Å². The number of morpholine rings is 1. The van der Waals surface area contributed by atoms with E-state index in [2.05, 4.69) is 22.3 Å². The van der Waals surface area contributed by atoms with Gasteiger partial charge in [0, 0.05) is 32.4 Å². The molecule has 0 unspecified atom stereocenters. The molecule has 1 aliphatic rings. The predicted octanol–water partition coefficient (Wildman–Crippen LogP) is 2.30. The zero-order valence-electron chi connectivity index (χ0n) is 17.5. The molecule has 3 atom stereocenters. The largest absolute Gasteiger partial charge is 0.391 e. The molecule has 0 saturated carbocycles. The number of hydrogen-bond acceptors (Lipinski definition) is 6. The van der Waals surface area contributed by atoms with Gasteiger partial charge in [-0.1, -0.05) is 24.3 Å². The number of nitrogens with zero attached hydrogens (tertiary/aromatic N) is 3. The summed E-state index contributed by atoms with van der Waals surface area (Å²) < 4.78 is 7.38. The number of aliphatic hydroxyl groups is 2. The quantitative estimate of drug-likeness (QED) is 0.555. The Morgan fingerprint density at radius 2 is 1.77 bits per heavy atom. The van der Waals surface area contributed by atoms with Gasteiger partial charge in [-0.3, -0.25) is 4.90 Å². The Morgan fingerprint density at radius 1 is 1.07 bits per heavy atom. The van der Waals surface area contributed by atoms with Gasteiger partial charge in [0.25, 0.3) is 0 Å². The molecule has 1 aromatic heterocycles. The molecule has 3 N–H and O–H groups in total. The Morgan fingerprint density at radius 3 is 2.43 bits per heavy atom. The van der Waals surface area contributed by atoms with Gasteiger partial charge in [-0.05, 0) is 36.8 Å². The van der Waals surface area contributed by atoms with Gasteiger partial charge in [0.15, 0.2) is 0 Å². The average molecular weight is 411 g/mol. The van der Waals surface area contributed by atoms with Gasteiger partial charge >= 0.3 is 0 Å². The molecule has 2 aromatic carbocycles. The van der Waals surface area contributed by atoms with Crippen LogP contribution in [0.2, 0.25) is 0 Å². The number of benzene rings is 2. The van der Waals surface area contributed by atoms with Crippen molar-refractivity contribution in [3.05, 3.63) is 59.9 Å². The van der Waals surface area contributed by atoms with Gasteiger partial charge in [-0.2, -0.15) is 0 Å². The molecular weight excluding hydrogens is 380 g/mol. The molecule has 30 heavy (non-hydrogen) atoms. The number of para-hydroxylation sites is 2. The smallest absolute Gasteiger partial charge is 0.135 e. The van der Waals surface area contributed by atoms with Crippen molar-refractivity contribution >= 4 is 16.7 Å². The van der Waals surface area contributed by atoms with Crippen molar-refractivity contribution in [2.75, 3.05) is 31.6 Å². The molecular formula is C23H30N4O3. The number of aromatic nitrogens is 2. The molecule has 4 rings (SSSR count). The summed E-state index contributed by atoms with van der Waals surface area (Å²) in [5.41, 5.74) is 3.95. The average Bonchev–Trinajstić information content (AvgIpc) is 3.10. The molecule has 0 aliphatic carbocycles.